The number of hydrogen-bond donors (Lipinski definition) is 1. The first-order chi connectivity index (χ1) is 22.9. The van der Waals surface area contributed by atoms with E-state index in [9.17, 15) is 24.0 Å². The molecule has 4 unspecified atom stereocenters. The lowest BCUT2D eigenvalue weighted by atomic mass is 9.88. The van der Waals surface area contributed by atoms with Gasteiger partial charge in [0, 0.05) is 25.7 Å². The van der Waals surface area contributed by atoms with E-state index >= 15 is 0 Å². The van der Waals surface area contributed by atoms with Gasteiger partial charge in [0.15, 0.2) is 5.78 Å². The topological polar surface area (TPSA) is 127 Å². The predicted octanol–water partition coefficient (Wildman–Crippen LogP) is 6.92. The van der Waals surface area contributed by atoms with Crippen LogP contribution in [0.3, 0.4) is 0 Å². The quantitative estimate of drug-likeness (QED) is 0.0909. The standard InChI is InChI=1S/C39H61N3O6/c1-7-9-12-19-34(45)41-32(26-30-20-22-31(23-21-30)48-38(47)35(40)27(3)4)37(46)42(39(41)24-15-16-25-39)36(28(5)8-2)33(44)18-14-11-10-13-17-29(6)43/h20-23,27-28,32,35-36H,7-19,24-26,40H2,1-6H3. The number of nitrogens with zero attached hydrogens (tertiary/aromatic N) is 2. The molecular weight excluding hydrogens is 606 g/mol. The largest absolute Gasteiger partial charge is 0.425 e. The zero-order chi connectivity index (χ0) is 35.4. The number of ether oxygens (including phenoxy) is 1. The molecule has 2 aliphatic rings. The Hall–Kier alpha value is -3.07. The molecule has 9 heteroatoms. The second-order valence-electron chi connectivity index (χ2n) is 14.6. The van der Waals surface area contributed by atoms with Gasteiger partial charge < -0.3 is 25.1 Å². The van der Waals surface area contributed by atoms with Gasteiger partial charge in [0.2, 0.25) is 11.8 Å². The molecule has 0 bridgehead atoms. The van der Waals surface area contributed by atoms with Crippen LogP contribution >= 0.6 is 0 Å². The van der Waals surface area contributed by atoms with Crippen LogP contribution < -0.4 is 10.5 Å². The zero-order valence-corrected chi connectivity index (χ0v) is 30.4. The summed E-state index contributed by atoms with van der Waals surface area (Å²) < 4.78 is 5.50. The molecule has 2 N–H and O–H groups in total. The third kappa shape index (κ3) is 9.76. The third-order valence-electron chi connectivity index (χ3n) is 10.5. The van der Waals surface area contributed by atoms with Crippen LogP contribution in [0, 0.1) is 11.8 Å². The number of unbranched alkanes of at least 4 members (excludes halogenated alkanes) is 5. The molecule has 1 aromatic carbocycles. The van der Waals surface area contributed by atoms with Crippen molar-refractivity contribution in [3.63, 3.8) is 0 Å². The molecule has 4 atom stereocenters. The molecule has 3 rings (SSSR count). The Morgan fingerprint density at radius 1 is 0.896 bits per heavy atom. The molecule has 1 spiro atoms. The normalized spacial score (nSPS) is 19.2. The summed E-state index contributed by atoms with van der Waals surface area (Å²) in [5, 5.41) is 0. The van der Waals surface area contributed by atoms with Gasteiger partial charge in [-0.2, -0.15) is 0 Å². The van der Waals surface area contributed by atoms with Crippen LogP contribution in [0.5, 0.6) is 5.75 Å². The highest BCUT2D eigenvalue weighted by Crippen LogP contribution is 2.48. The summed E-state index contributed by atoms with van der Waals surface area (Å²) in [6, 6.07) is 5.05. The fourth-order valence-corrected chi connectivity index (χ4v) is 7.42. The van der Waals surface area contributed by atoms with E-state index in [1.54, 1.807) is 19.1 Å². The van der Waals surface area contributed by atoms with Gasteiger partial charge in [0.25, 0.3) is 0 Å². The Morgan fingerprint density at radius 2 is 1.50 bits per heavy atom. The van der Waals surface area contributed by atoms with Gasteiger partial charge >= 0.3 is 5.97 Å². The molecule has 2 fully saturated rings. The molecule has 1 aromatic rings. The number of nitrogens with two attached hydrogens (primary N) is 1. The minimum absolute atomic E-state index is 0.0137. The van der Waals surface area contributed by atoms with Crippen molar-refractivity contribution < 1.29 is 28.7 Å². The van der Waals surface area contributed by atoms with E-state index in [4.69, 9.17) is 10.5 Å². The monoisotopic (exact) mass is 667 g/mol. The summed E-state index contributed by atoms with van der Waals surface area (Å²) in [6.45, 7) is 11.5. The van der Waals surface area contributed by atoms with Crippen molar-refractivity contribution in [2.75, 3.05) is 0 Å². The predicted molar refractivity (Wildman–Crippen MR) is 188 cm³/mol. The van der Waals surface area contributed by atoms with E-state index in [1.807, 2.05) is 35.8 Å². The van der Waals surface area contributed by atoms with Crippen LogP contribution in [-0.2, 0) is 30.4 Å². The number of ketones is 2. The third-order valence-corrected chi connectivity index (χ3v) is 10.5. The van der Waals surface area contributed by atoms with Gasteiger partial charge in [-0.05, 0) is 81.4 Å². The average molecular weight is 668 g/mol. The maximum atomic E-state index is 14.8. The second kappa shape index (κ2) is 18.6. The molecule has 1 aliphatic carbocycles. The van der Waals surface area contributed by atoms with E-state index in [1.165, 1.54) is 0 Å². The van der Waals surface area contributed by atoms with Gasteiger partial charge in [0.05, 0.1) is 6.04 Å². The molecular formula is C39H61N3O6. The Bertz CT molecular complexity index is 1240. The maximum Gasteiger partial charge on any atom is 0.328 e. The van der Waals surface area contributed by atoms with Gasteiger partial charge in [-0.25, -0.2) is 4.79 Å². The molecule has 268 valence electrons. The molecule has 48 heavy (non-hydrogen) atoms. The van der Waals surface area contributed by atoms with E-state index in [0.29, 0.717) is 44.3 Å². The Balaban J connectivity index is 1.93. The number of carbonyl (C=O) groups excluding carboxylic acids is 5. The number of esters is 1. The van der Waals surface area contributed by atoms with Crippen LogP contribution in [0.1, 0.15) is 143 Å². The van der Waals surface area contributed by atoms with Crippen LogP contribution in [0.25, 0.3) is 0 Å². The maximum absolute atomic E-state index is 14.8. The number of benzene rings is 1. The highest BCUT2D eigenvalue weighted by Gasteiger charge is 2.62. The summed E-state index contributed by atoms with van der Waals surface area (Å²) in [6.07, 6.45) is 11.5. The lowest BCUT2D eigenvalue weighted by molar-refractivity contribution is -0.150. The lowest BCUT2D eigenvalue weighted by Gasteiger charge is -2.46. The summed E-state index contributed by atoms with van der Waals surface area (Å²) in [5.74, 6) is -0.128. The van der Waals surface area contributed by atoms with Crippen LogP contribution in [0.4, 0.5) is 0 Å². The number of carbonyl (C=O) groups is 5. The van der Waals surface area contributed by atoms with Crippen molar-refractivity contribution in [3.8, 4) is 5.75 Å². The first-order valence-electron chi connectivity index (χ1n) is 18.6. The Labute approximate surface area is 288 Å². The molecule has 0 radical (unpaired) electrons. The van der Waals surface area contributed by atoms with Crippen LogP contribution in [0.2, 0.25) is 0 Å². The molecule has 1 heterocycles. The summed E-state index contributed by atoms with van der Waals surface area (Å²) in [7, 11) is 0. The minimum Gasteiger partial charge on any atom is -0.425 e. The summed E-state index contributed by atoms with van der Waals surface area (Å²) in [4.78, 5) is 70.6. The highest BCUT2D eigenvalue weighted by atomic mass is 16.5. The number of hydrogen-bond acceptors (Lipinski definition) is 7. The molecule has 0 aromatic heterocycles. The smallest absolute Gasteiger partial charge is 0.328 e. The lowest BCUT2D eigenvalue weighted by Crippen LogP contribution is -2.60. The SMILES string of the molecule is CCCCCC(=O)N1C(Cc2ccc(OC(=O)C(N)C(C)C)cc2)C(=O)N(C(C(=O)CCCCCCC(C)=O)C(C)CC)C12CCCC2. The van der Waals surface area contributed by atoms with E-state index < -0.39 is 29.8 Å². The molecule has 1 saturated heterocycles. The molecule has 1 saturated carbocycles. The van der Waals surface area contributed by atoms with Crippen molar-refractivity contribution in [1.29, 1.82) is 0 Å². The zero-order valence-electron chi connectivity index (χ0n) is 30.4. The van der Waals surface area contributed by atoms with Crippen molar-refractivity contribution in [2.24, 2.45) is 17.6 Å². The van der Waals surface area contributed by atoms with Gasteiger partial charge in [-0.3, -0.25) is 14.4 Å². The fraction of sp³-hybridized carbons (Fsp3) is 0.718. The molecule has 2 amide bonds. The van der Waals surface area contributed by atoms with Crippen molar-refractivity contribution in [1.82, 2.24) is 9.80 Å². The minimum atomic E-state index is -0.807. The number of Topliss-reactive ketones (excluding diaryl/α,β-unsaturated/α-hetero) is 2. The van der Waals surface area contributed by atoms with Gasteiger partial charge in [0.1, 0.15) is 29.3 Å². The van der Waals surface area contributed by atoms with Crippen LogP contribution in [0.15, 0.2) is 24.3 Å². The highest BCUT2D eigenvalue weighted by molar-refractivity contribution is 5.97. The first kappa shape index (κ1) is 39.4. The Kier molecular flexibility index (Phi) is 15.3. The second-order valence-corrected chi connectivity index (χ2v) is 14.6. The first-order valence-corrected chi connectivity index (χ1v) is 18.6. The summed E-state index contributed by atoms with van der Waals surface area (Å²) in [5.41, 5.74) is 6.00. The van der Waals surface area contributed by atoms with E-state index in [-0.39, 0.29) is 35.2 Å². The number of rotatable bonds is 20. The Morgan fingerprint density at radius 3 is 2.06 bits per heavy atom. The summed E-state index contributed by atoms with van der Waals surface area (Å²) >= 11 is 0. The van der Waals surface area contributed by atoms with Crippen LogP contribution in [-0.4, -0.2) is 62.9 Å². The van der Waals surface area contributed by atoms with E-state index in [2.05, 4.69) is 20.8 Å². The van der Waals surface area contributed by atoms with Gasteiger partial charge in [-0.1, -0.05) is 78.9 Å². The van der Waals surface area contributed by atoms with Crippen molar-refractivity contribution in [2.45, 2.75) is 168 Å². The average Bonchev–Trinajstić information content (AvgIpc) is 3.62. The van der Waals surface area contributed by atoms with Crippen molar-refractivity contribution >= 4 is 29.4 Å². The van der Waals surface area contributed by atoms with Crippen molar-refractivity contribution in [3.05, 3.63) is 29.8 Å². The van der Waals surface area contributed by atoms with E-state index in [0.717, 1.165) is 69.8 Å². The van der Waals surface area contributed by atoms with Gasteiger partial charge in [-0.15, -0.1) is 0 Å². The molecule has 1 aliphatic heterocycles. The molecule has 9 nitrogen and oxygen atoms in total. The number of amides is 2. The fourth-order valence-electron chi connectivity index (χ4n) is 7.42.